The summed E-state index contributed by atoms with van der Waals surface area (Å²) in [5, 5.41) is 21.2. The summed E-state index contributed by atoms with van der Waals surface area (Å²) in [5.41, 5.74) is -0.427. The summed E-state index contributed by atoms with van der Waals surface area (Å²) >= 11 is 0. The predicted octanol–water partition coefficient (Wildman–Crippen LogP) is 0.384. The molecule has 0 aromatic rings. The van der Waals surface area contributed by atoms with Gasteiger partial charge >= 0.3 is 0 Å². The summed E-state index contributed by atoms with van der Waals surface area (Å²) in [6, 6.07) is 0. The zero-order chi connectivity index (χ0) is 11.6. The fraction of sp³-hybridized carbons (Fsp3) is 1.00. The van der Waals surface area contributed by atoms with Gasteiger partial charge in [-0.2, -0.15) is 0 Å². The van der Waals surface area contributed by atoms with Gasteiger partial charge in [-0.05, 0) is 6.42 Å². The number of hydrogen-bond donors (Lipinski definition) is 3. The fourth-order valence-electron chi connectivity index (χ4n) is 1.04. The number of ether oxygens (including phenoxy) is 1. The van der Waals surface area contributed by atoms with Crippen molar-refractivity contribution in [1.82, 2.24) is 5.32 Å². The van der Waals surface area contributed by atoms with Gasteiger partial charge in [0.1, 0.15) is 0 Å². The van der Waals surface area contributed by atoms with Crippen LogP contribution in [0.5, 0.6) is 0 Å². The molecule has 0 aliphatic heterocycles. The van der Waals surface area contributed by atoms with Gasteiger partial charge in [-0.3, -0.25) is 0 Å². The van der Waals surface area contributed by atoms with Crippen molar-refractivity contribution in [3.63, 3.8) is 0 Å². The molecule has 0 heterocycles. The molecule has 92 valence electrons. The van der Waals surface area contributed by atoms with E-state index in [2.05, 4.69) is 12.2 Å². The van der Waals surface area contributed by atoms with Crippen LogP contribution in [-0.2, 0) is 4.74 Å². The standard InChI is InChI=1S/C11H25NO3/c1-3-4-6-15-7-5-12-8-11(2,9-13)10-14/h12-14H,3-10H2,1-2H3. The molecule has 4 heteroatoms. The minimum atomic E-state index is -0.427. The van der Waals surface area contributed by atoms with E-state index >= 15 is 0 Å². The first-order chi connectivity index (χ1) is 7.18. The Morgan fingerprint density at radius 2 is 1.87 bits per heavy atom. The van der Waals surface area contributed by atoms with Crippen LogP contribution in [0.4, 0.5) is 0 Å². The molecule has 0 rings (SSSR count). The molecule has 0 aromatic heterocycles. The van der Waals surface area contributed by atoms with Crippen molar-refractivity contribution in [1.29, 1.82) is 0 Å². The van der Waals surface area contributed by atoms with Crippen LogP contribution in [0, 0.1) is 5.41 Å². The molecule has 0 radical (unpaired) electrons. The van der Waals surface area contributed by atoms with Crippen LogP contribution in [0.25, 0.3) is 0 Å². The van der Waals surface area contributed by atoms with Crippen molar-refractivity contribution in [2.24, 2.45) is 5.41 Å². The maximum atomic E-state index is 9.03. The van der Waals surface area contributed by atoms with E-state index in [0.717, 1.165) is 26.0 Å². The first-order valence-electron chi connectivity index (χ1n) is 5.68. The minimum Gasteiger partial charge on any atom is -0.396 e. The van der Waals surface area contributed by atoms with Gasteiger partial charge in [-0.15, -0.1) is 0 Å². The van der Waals surface area contributed by atoms with Gasteiger partial charge in [0.15, 0.2) is 0 Å². The Morgan fingerprint density at radius 3 is 2.40 bits per heavy atom. The van der Waals surface area contributed by atoms with Crippen LogP contribution in [-0.4, -0.2) is 49.7 Å². The van der Waals surface area contributed by atoms with E-state index in [0.29, 0.717) is 13.2 Å². The lowest BCUT2D eigenvalue weighted by molar-refractivity contribution is 0.0660. The second kappa shape index (κ2) is 9.09. The number of aliphatic hydroxyl groups excluding tert-OH is 2. The van der Waals surface area contributed by atoms with Gasteiger partial charge in [0.05, 0.1) is 19.8 Å². The molecule has 0 bridgehead atoms. The van der Waals surface area contributed by atoms with E-state index < -0.39 is 5.41 Å². The Kier molecular flexibility index (Phi) is 9.00. The molecule has 4 nitrogen and oxygen atoms in total. The minimum absolute atomic E-state index is 0.00675. The summed E-state index contributed by atoms with van der Waals surface area (Å²) < 4.78 is 5.37. The number of nitrogens with one attached hydrogen (secondary N) is 1. The SMILES string of the molecule is CCCCOCCNCC(C)(CO)CO. The molecular formula is C11H25NO3. The third kappa shape index (κ3) is 7.73. The van der Waals surface area contributed by atoms with E-state index in [1.54, 1.807) is 0 Å². The second-order valence-corrected chi connectivity index (χ2v) is 4.27. The molecule has 0 aliphatic rings. The highest BCUT2D eigenvalue weighted by atomic mass is 16.5. The maximum Gasteiger partial charge on any atom is 0.0590 e. The van der Waals surface area contributed by atoms with Gasteiger partial charge in [-0.1, -0.05) is 20.3 Å². The molecule has 0 saturated heterocycles. The monoisotopic (exact) mass is 219 g/mol. The Bertz CT molecular complexity index is 138. The van der Waals surface area contributed by atoms with E-state index in [1.807, 2.05) is 6.92 Å². The van der Waals surface area contributed by atoms with Crippen LogP contribution in [0.2, 0.25) is 0 Å². The van der Waals surface area contributed by atoms with E-state index in [4.69, 9.17) is 14.9 Å². The van der Waals surface area contributed by atoms with Crippen molar-refractivity contribution in [2.75, 3.05) is 39.5 Å². The Labute approximate surface area is 92.6 Å². The van der Waals surface area contributed by atoms with Crippen molar-refractivity contribution in [3.8, 4) is 0 Å². The quantitative estimate of drug-likeness (QED) is 0.465. The van der Waals surface area contributed by atoms with Crippen molar-refractivity contribution >= 4 is 0 Å². The number of unbranched alkanes of at least 4 members (excludes halogenated alkanes) is 1. The molecule has 0 spiro atoms. The van der Waals surface area contributed by atoms with Crippen LogP contribution in [0.3, 0.4) is 0 Å². The van der Waals surface area contributed by atoms with Crippen LogP contribution >= 0.6 is 0 Å². The zero-order valence-corrected chi connectivity index (χ0v) is 9.96. The van der Waals surface area contributed by atoms with Gasteiger partial charge in [-0.25, -0.2) is 0 Å². The number of rotatable bonds is 10. The average molecular weight is 219 g/mol. The molecule has 15 heavy (non-hydrogen) atoms. The second-order valence-electron chi connectivity index (χ2n) is 4.27. The van der Waals surface area contributed by atoms with Crippen molar-refractivity contribution in [2.45, 2.75) is 26.7 Å². The summed E-state index contributed by atoms with van der Waals surface area (Å²) in [5.74, 6) is 0. The van der Waals surface area contributed by atoms with E-state index in [1.165, 1.54) is 0 Å². The van der Waals surface area contributed by atoms with Gasteiger partial charge in [0, 0.05) is 25.1 Å². The third-order valence-electron chi connectivity index (χ3n) is 2.38. The first-order valence-corrected chi connectivity index (χ1v) is 5.68. The highest BCUT2D eigenvalue weighted by Crippen LogP contribution is 2.11. The normalized spacial score (nSPS) is 12.0. The molecule has 0 atom stereocenters. The van der Waals surface area contributed by atoms with E-state index in [9.17, 15) is 0 Å². The fourth-order valence-corrected chi connectivity index (χ4v) is 1.04. The summed E-state index contributed by atoms with van der Waals surface area (Å²) in [4.78, 5) is 0. The summed E-state index contributed by atoms with van der Waals surface area (Å²) in [6.45, 7) is 6.84. The molecule has 0 fully saturated rings. The number of hydrogen-bond acceptors (Lipinski definition) is 4. The third-order valence-corrected chi connectivity index (χ3v) is 2.38. The largest absolute Gasteiger partial charge is 0.396 e. The lowest BCUT2D eigenvalue weighted by Crippen LogP contribution is -2.39. The van der Waals surface area contributed by atoms with Gasteiger partial charge < -0.3 is 20.3 Å². The summed E-state index contributed by atoms with van der Waals surface area (Å²) in [6.07, 6.45) is 2.26. The zero-order valence-electron chi connectivity index (χ0n) is 9.96. The highest BCUT2D eigenvalue weighted by Gasteiger charge is 2.21. The maximum absolute atomic E-state index is 9.03. The molecule has 0 aromatic carbocycles. The molecule has 0 aliphatic carbocycles. The lowest BCUT2D eigenvalue weighted by Gasteiger charge is -2.24. The Hall–Kier alpha value is -0.160. The van der Waals surface area contributed by atoms with Gasteiger partial charge in [0.25, 0.3) is 0 Å². The van der Waals surface area contributed by atoms with Gasteiger partial charge in [0.2, 0.25) is 0 Å². The van der Waals surface area contributed by atoms with Crippen LogP contribution in [0.1, 0.15) is 26.7 Å². The smallest absolute Gasteiger partial charge is 0.0590 e. The van der Waals surface area contributed by atoms with Crippen molar-refractivity contribution in [3.05, 3.63) is 0 Å². The Balaban J connectivity index is 3.29. The Morgan fingerprint density at radius 1 is 1.20 bits per heavy atom. The lowest BCUT2D eigenvalue weighted by atomic mass is 9.93. The molecule has 0 saturated carbocycles. The molecule has 0 unspecified atom stereocenters. The highest BCUT2D eigenvalue weighted by molar-refractivity contribution is 4.74. The first kappa shape index (κ1) is 14.8. The number of aliphatic hydroxyl groups is 2. The van der Waals surface area contributed by atoms with Crippen LogP contribution in [0.15, 0.2) is 0 Å². The average Bonchev–Trinajstić information content (AvgIpc) is 2.27. The van der Waals surface area contributed by atoms with Crippen LogP contribution < -0.4 is 5.32 Å². The predicted molar refractivity (Wildman–Crippen MR) is 60.9 cm³/mol. The molecular weight excluding hydrogens is 194 g/mol. The molecule has 0 amide bonds. The topological polar surface area (TPSA) is 61.7 Å². The summed E-state index contributed by atoms with van der Waals surface area (Å²) in [7, 11) is 0. The van der Waals surface area contributed by atoms with E-state index in [-0.39, 0.29) is 13.2 Å². The molecule has 3 N–H and O–H groups in total. The van der Waals surface area contributed by atoms with Crippen molar-refractivity contribution < 1.29 is 14.9 Å².